The van der Waals surface area contributed by atoms with Gasteiger partial charge < -0.3 is 14.2 Å². The number of esters is 2. The first-order valence-corrected chi connectivity index (χ1v) is 13.0. The lowest BCUT2D eigenvalue weighted by Gasteiger charge is -2.41. The van der Waals surface area contributed by atoms with Crippen LogP contribution in [0.5, 0.6) is 5.75 Å². The third-order valence-electron chi connectivity index (χ3n) is 6.91. The Hall–Kier alpha value is -3.26. The monoisotopic (exact) mass is 509 g/mol. The number of allylic oxidation sites excluding steroid dienone is 1. The maximum atomic E-state index is 14.3. The molecule has 2 aliphatic rings. The van der Waals surface area contributed by atoms with Gasteiger partial charge in [0.15, 0.2) is 5.78 Å². The van der Waals surface area contributed by atoms with Gasteiger partial charge in [-0.25, -0.2) is 4.79 Å². The van der Waals surface area contributed by atoms with Gasteiger partial charge in [-0.1, -0.05) is 18.2 Å². The quantitative estimate of drug-likeness (QED) is 0.386. The molecule has 1 saturated carbocycles. The summed E-state index contributed by atoms with van der Waals surface area (Å²) in [6, 6.07) is 9.37. The molecule has 190 valence electrons. The van der Waals surface area contributed by atoms with E-state index < -0.39 is 35.6 Å². The number of benzene rings is 1. The van der Waals surface area contributed by atoms with Crippen LogP contribution in [0.2, 0.25) is 0 Å². The second kappa shape index (κ2) is 10.8. The molecule has 0 bridgehead atoms. The number of Topliss-reactive ketones (excluding diaryl/α,β-unsaturated/α-hetero) is 1. The summed E-state index contributed by atoms with van der Waals surface area (Å²) in [5.41, 5.74) is 3.32. The zero-order valence-corrected chi connectivity index (χ0v) is 22.0. The predicted molar refractivity (Wildman–Crippen MR) is 138 cm³/mol. The van der Waals surface area contributed by atoms with Crippen LogP contribution in [0.1, 0.15) is 55.0 Å². The number of fused-ring (bicyclic) bond motifs is 1. The Balaban J connectivity index is 1.91. The first-order chi connectivity index (χ1) is 17.3. The highest BCUT2D eigenvalue weighted by Crippen LogP contribution is 2.50. The molecular weight excluding hydrogens is 478 g/mol. The van der Waals surface area contributed by atoms with Crippen LogP contribution in [0.4, 0.5) is 0 Å². The minimum Gasteiger partial charge on any atom is -0.496 e. The van der Waals surface area contributed by atoms with E-state index in [-0.39, 0.29) is 19.0 Å². The lowest BCUT2D eigenvalue weighted by Crippen LogP contribution is -2.48. The van der Waals surface area contributed by atoms with Crippen molar-refractivity contribution in [2.75, 3.05) is 20.3 Å². The Kier molecular flexibility index (Phi) is 7.73. The molecule has 0 radical (unpaired) electrons. The van der Waals surface area contributed by atoms with E-state index in [2.05, 4.69) is 0 Å². The topological polar surface area (TPSA) is 91.3 Å². The number of carbonyl (C=O) groups is 3. The smallest absolute Gasteiger partial charge is 0.336 e. The summed E-state index contributed by atoms with van der Waals surface area (Å²) >= 11 is 1.49. The number of thiophene rings is 1. The molecule has 1 aliphatic heterocycles. The summed E-state index contributed by atoms with van der Waals surface area (Å²) in [5.74, 6) is -3.61. The van der Waals surface area contributed by atoms with Crippen molar-refractivity contribution in [1.82, 2.24) is 0 Å². The van der Waals surface area contributed by atoms with Gasteiger partial charge in [0.1, 0.15) is 11.7 Å². The standard InChI is InChI=1S/C28H31NO6S/c1-6-34-27(31)21-16(4)29-19-14-18(17-10-8-9-11-20(17)33-5)22(28(32)35-7-2)25(30)23(19)24(21)26-15(3)12-13-36-26/h8-13,18,22-24H,6-7,14H2,1-5H3/t18-,22+,23?,24-/m1/s1. The third kappa shape index (κ3) is 4.50. The Bertz CT molecular complexity index is 1240. The number of para-hydroxylation sites is 1. The van der Waals surface area contributed by atoms with Crippen molar-refractivity contribution in [2.24, 2.45) is 16.8 Å². The number of aryl methyl sites for hydroxylation is 1. The highest BCUT2D eigenvalue weighted by molar-refractivity contribution is 7.10. The van der Waals surface area contributed by atoms with Crippen LogP contribution in [0, 0.1) is 18.8 Å². The summed E-state index contributed by atoms with van der Waals surface area (Å²) in [7, 11) is 1.57. The summed E-state index contributed by atoms with van der Waals surface area (Å²) in [6.45, 7) is 7.58. The second-order valence-corrected chi connectivity index (χ2v) is 9.88. The van der Waals surface area contributed by atoms with Crippen LogP contribution in [0.15, 0.2) is 52.0 Å². The lowest BCUT2D eigenvalue weighted by molar-refractivity contribution is -0.153. The molecule has 36 heavy (non-hydrogen) atoms. The van der Waals surface area contributed by atoms with Crippen LogP contribution in [-0.4, -0.2) is 43.8 Å². The molecule has 2 aromatic rings. The first-order valence-electron chi connectivity index (χ1n) is 12.2. The van der Waals surface area contributed by atoms with E-state index in [1.807, 2.05) is 42.6 Å². The zero-order chi connectivity index (χ0) is 26.0. The van der Waals surface area contributed by atoms with Crippen LogP contribution in [0.3, 0.4) is 0 Å². The fourth-order valence-electron chi connectivity index (χ4n) is 5.41. The van der Waals surface area contributed by atoms with Gasteiger partial charge in [0, 0.05) is 28.1 Å². The molecule has 0 spiro atoms. The fourth-order valence-corrected chi connectivity index (χ4v) is 6.48. The number of carbonyl (C=O) groups excluding carboxylic acids is 3. The Morgan fingerprint density at radius 2 is 1.78 bits per heavy atom. The Labute approximate surface area is 215 Å². The number of methoxy groups -OCH3 is 1. The maximum Gasteiger partial charge on any atom is 0.336 e. The number of aliphatic imine (C=N–C) groups is 1. The van der Waals surface area contributed by atoms with Gasteiger partial charge in [-0.2, -0.15) is 0 Å². The van der Waals surface area contributed by atoms with Gasteiger partial charge >= 0.3 is 11.9 Å². The van der Waals surface area contributed by atoms with E-state index in [9.17, 15) is 14.4 Å². The third-order valence-corrected chi connectivity index (χ3v) is 8.01. The summed E-state index contributed by atoms with van der Waals surface area (Å²) in [6.07, 6.45) is 0.370. The number of ketones is 1. The highest BCUT2D eigenvalue weighted by Gasteiger charge is 2.53. The Morgan fingerprint density at radius 3 is 2.42 bits per heavy atom. The van der Waals surface area contributed by atoms with Crippen molar-refractivity contribution in [3.05, 3.63) is 63.0 Å². The molecule has 1 fully saturated rings. The van der Waals surface area contributed by atoms with Crippen molar-refractivity contribution in [1.29, 1.82) is 0 Å². The molecular formula is C28H31NO6S. The molecule has 1 unspecified atom stereocenters. The number of rotatable bonds is 7. The van der Waals surface area contributed by atoms with Crippen molar-refractivity contribution in [3.63, 3.8) is 0 Å². The normalized spacial score (nSPS) is 23.6. The molecule has 0 saturated heterocycles. The van der Waals surface area contributed by atoms with Crippen molar-refractivity contribution >= 4 is 34.8 Å². The summed E-state index contributed by atoms with van der Waals surface area (Å²) < 4.78 is 16.4. The van der Waals surface area contributed by atoms with E-state index in [4.69, 9.17) is 19.2 Å². The largest absolute Gasteiger partial charge is 0.496 e. The van der Waals surface area contributed by atoms with Crippen LogP contribution >= 0.6 is 11.3 Å². The fraction of sp³-hybridized carbons (Fsp3) is 0.429. The molecule has 1 aromatic carbocycles. The van der Waals surface area contributed by atoms with E-state index in [1.165, 1.54) is 11.3 Å². The summed E-state index contributed by atoms with van der Waals surface area (Å²) in [5, 5.41) is 1.95. The zero-order valence-electron chi connectivity index (χ0n) is 21.2. The molecule has 8 heteroatoms. The molecule has 4 atom stereocenters. The Morgan fingerprint density at radius 1 is 1.06 bits per heavy atom. The van der Waals surface area contributed by atoms with Gasteiger partial charge in [-0.15, -0.1) is 11.3 Å². The molecule has 1 aromatic heterocycles. The molecule has 4 rings (SSSR count). The predicted octanol–water partition coefficient (Wildman–Crippen LogP) is 4.99. The molecule has 2 heterocycles. The van der Waals surface area contributed by atoms with Gasteiger partial charge in [0.05, 0.1) is 31.8 Å². The van der Waals surface area contributed by atoms with Gasteiger partial charge in [0.25, 0.3) is 0 Å². The minimum absolute atomic E-state index is 0.160. The van der Waals surface area contributed by atoms with Crippen molar-refractivity contribution in [3.8, 4) is 5.75 Å². The molecule has 0 amide bonds. The minimum atomic E-state index is -1.05. The van der Waals surface area contributed by atoms with Crippen LogP contribution in [-0.2, 0) is 23.9 Å². The second-order valence-electron chi connectivity index (χ2n) is 8.93. The van der Waals surface area contributed by atoms with E-state index in [0.717, 1.165) is 16.0 Å². The lowest BCUT2D eigenvalue weighted by atomic mass is 9.63. The highest BCUT2D eigenvalue weighted by atomic mass is 32.1. The number of hydrogen-bond donors (Lipinski definition) is 0. The SMILES string of the molecule is CCOC(=O)C1=C(C)N=C2C[C@H](c3ccccc3OC)[C@H](C(=O)OCC)C(=O)C2[C@@H]1c1sccc1C. The maximum absolute atomic E-state index is 14.3. The number of nitrogens with zero attached hydrogens (tertiary/aromatic N) is 1. The molecule has 0 N–H and O–H groups in total. The van der Waals surface area contributed by atoms with Crippen LogP contribution in [0.25, 0.3) is 0 Å². The average molecular weight is 510 g/mol. The number of hydrogen-bond acceptors (Lipinski definition) is 8. The molecule has 7 nitrogen and oxygen atoms in total. The number of ether oxygens (including phenoxy) is 3. The van der Waals surface area contributed by atoms with Gasteiger partial charge in [0.2, 0.25) is 0 Å². The van der Waals surface area contributed by atoms with Crippen LogP contribution < -0.4 is 4.74 Å². The average Bonchev–Trinajstić information content (AvgIpc) is 3.28. The van der Waals surface area contributed by atoms with E-state index in [1.54, 1.807) is 27.9 Å². The molecule has 1 aliphatic carbocycles. The van der Waals surface area contributed by atoms with E-state index in [0.29, 0.717) is 29.2 Å². The van der Waals surface area contributed by atoms with Gasteiger partial charge in [-0.05, 0) is 62.8 Å². The van der Waals surface area contributed by atoms with Gasteiger partial charge in [-0.3, -0.25) is 14.6 Å². The van der Waals surface area contributed by atoms with Crippen molar-refractivity contribution in [2.45, 2.75) is 46.0 Å². The van der Waals surface area contributed by atoms with Crippen molar-refractivity contribution < 1.29 is 28.6 Å². The van der Waals surface area contributed by atoms with E-state index >= 15 is 0 Å². The first kappa shape index (κ1) is 25.8. The summed E-state index contributed by atoms with van der Waals surface area (Å²) in [4.78, 5) is 46.4.